The second kappa shape index (κ2) is 5.76. The summed E-state index contributed by atoms with van der Waals surface area (Å²) in [7, 11) is 1.94. The summed E-state index contributed by atoms with van der Waals surface area (Å²) >= 11 is 5.08. The minimum absolute atomic E-state index is 0.435. The molecule has 2 aromatic carbocycles. The van der Waals surface area contributed by atoms with Gasteiger partial charge < -0.3 is 11.1 Å². The molecule has 0 spiro atoms. The first kappa shape index (κ1) is 12.7. The third kappa shape index (κ3) is 2.75. The zero-order valence-corrected chi connectivity index (χ0v) is 11.1. The molecule has 0 radical (unpaired) electrons. The summed E-state index contributed by atoms with van der Waals surface area (Å²) in [6.45, 7) is 0.872. The van der Waals surface area contributed by atoms with Crippen molar-refractivity contribution in [2.24, 2.45) is 5.73 Å². The van der Waals surface area contributed by atoms with E-state index < -0.39 is 0 Å². The largest absolute Gasteiger partial charge is 0.389 e. The Morgan fingerprint density at radius 3 is 2.39 bits per heavy atom. The van der Waals surface area contributed by atoms with Gasteiger partial charge >= 0.3 is 0 Å². The van der Waals surface area contributed by atoms with Crippen molar-refractivity contribution in [3.63, 3.8) is 0 Å². The van der Waals surface area contributed by atoms with Crippen LogP contribution in [0.3, 0.4) is 0 Å². The van der Waals surface area contributed by atoms with Crippen LogP contribution in [-0.2, 0) is 6.54 Å². The fraction of sp³-hybridized carbons (Fsp3) is 0.133. The number of nitrogens with two attached hydrogens (primary N) is 1. The maximum atomic E-state index is 5.75. The first-order valence-corrected chi connectivity index (χ1v) is 6.26. The predicted octanol–water partition coefficient (Wildman–Crippen LogP) is 2.71. The summed E-state index contributed by atoms with van der Waals surface area (Å²) in [5, 5.41) is 3.13. The molecule has 0 aliphatic heterocycles. The maximum absolute atomic E-state index is 5.75. The average molecular weight is 256 g/mol. The van der Waals surface area contributed by atoms with E-state index in [1.807, 2.05) is 31.3 Å². The van der Waals surface area contributed by atoms with Crippen LogP contribution in [0.5, 0.6) is 0 Å². The van der Waals surface area contributed by atoms with Crippen molar-refractivity contribution in [2.45, 2.75) is 6.54 Å². The Balaban J connectivity index is 2.39. The van der Waals surface area contributed by atoms with E-state index in [0.717, 1.165) is 23.2 Å². The van der Waals surface area contributed by atoms with Crippen LogP contribution in [0.25, 0.3) is 11.1 Å². The molecule has 0 aromatic heterocycles. The Morgan fingerprint density at radius 1 is 1.11 bits per heavy atom. The molecule has 0 saturated heterocycles. The van der Waals surface area contributed by atoms with Crippen LogP contribution in [0.1, 0.15) is 11.1 Å². The van der Waals surface area contributed by atoms with Gasteiger partial charge in [-0.05, 0) is 23.7 Å². The van der Waals surface area contributed by atoms with Gasteiger partial charge in [-0.1, -0.05) is 60.7 Å². The monoisotopic (exact) mass is 256 g/mol. The first-order chi connectivity index (χ1) is 8.72. The summed E-state index contributed by atoms with van der Waals surface area (Å²) < 4.78 is 0. The highest BCUT2D eigenvalue weighted by molar-refractivity contribution is 7.80. The van der Waals surface area contributed by atoms with E-state index in [-0.39, 0.29) is 0 Å². The van der Waals surface area contributed by atoms with Crippen molar-refractivity contribution >= 4 is 17.2 Å². The minimum Gasteiger partial charge on any atom is -0.389 e. The quantitative estimate of drug-likeness (QED) is 0.826. The van der Waals surface area contributed by atoms with E-state index in [4.69, 9.17) is 18.0 Å². The predicted molar refractivity (Wildman–Crippen MR) is 80.5 cm³/mol. The van der Waals surface area contributed by atoms with Crippen LogP contribution in [0.15, 0.2) is 48.5 Å². The lowest BCUT2D eigenvalue weighted by Gasteiger charge is -2.09. The van der Waals surface area contributed by atoms with Crippen LogP contribution < -0.4 is 11.1 Å². The summed E-state index contributed by atoms with van der Waals surface area (Å²) in [4.78, 5) is 0.435. The molecule has 3 heteroatoms. The van der Waals surface area contributed by atoms with Crippen molar-refractivity contribution in [3.05, 3.63) is 59.7 Å². The number of nitrogens with one attached hydrogen (secondary N) is 1. The molecule has 2 aromatic rings. The van der Waals surface area contributed by atoms with Gasteiger partial charge in [0.15, 0.2) is 0 Å². The van der Waals surface area contributed by atoms with Crippen molar-refractivity contribution in [2.75, 3.05) is 7.05 Å². The van der Waals surface area contributed by atoms with Crippen LogP contribution in [0, 0.1) is 0 Å². The topological polar surface area (TPSA) is 38.0 Å². The van der Waals surface area contributed by atoms with E-state index in [1.165, 1.54) is 5.56 Å². The number of thiocarbonyl (C=S) groups is 1. The molecule has 0 heterocycles. The Hall–Kier alpha value is -1.71. The number of benzene rings is 2. The SMILES string of the molecule is CNCc1ccc(-c2ccccc2C(N)=S)cc1. The standard InChI is InChI=1S/C15H16N2S/c1-17-10-11-6-8-12(9-7-11)13-4-2-3-5-14(13)15(16)18/h2-9,17H,10H2,1H3,(H2,16,18). The molecule has 0 saturated carbocycles. The molecule has 2 rings (SSSR count). The molecule has 92 valence electrons. The average Bonchev–Trinajstić information content (AvgIpc) is 2.40. The van der Waals surface area contributed by atoms with Crippen molar-refractivity contribution in [1.29, 1.82) is 0 Å². The van der Waals surface area contributed by atoms with Crippen LogP contribution in [-0.4, -0.2) is 12.0 Å². The second-order valence-electron chi connectivity index (χ2n) is 4.14. The van der Waals surface area contributed by atoms with Gasteiger partial charge in [0.2, 0.25) is 0 Å². The van der Waals surface area contributed by atoms with E-state index >= 15 is 0 Å². The van der Waals surface area contributed by atoms with Gasteiger partial charge in [0, 0.05) is 12.1 Å². The fourth-order valence-corrected chi connectivity index (χ4v) is 2.13. The molecule has 0 fully saturated rings. The van der Waals surface area contributed by atoms with Crippen LogP contribution in [0.2, 0.25) is 0 Å². The van der Waals surface area contributed by atoms with Crippen molar-refractivity contribution < 1.29 is 0 Å². The fourth-order valence-electron chi connectivity index (χ4n) is 1.96. The number of hydrogen-bond donors (Lipinski definition) is 2. The molecule has 0 amide bonds. The van der Waals surface area contributed by atoms with Gasteiger partial charge in [0.25, 0.3) is 0 Å². The Bertz CT molecular complexity index is 547. The molecule has 0 aliphatic carbocycles. The summed E-state index contributed by atoms with van der Waals surface area (Å²) in [6, 6.07) is 16.4. The molecule has 18 heavy (non-hydrogen) atoms. The first-order valence-electron chi connectivity index (χ1n) is 5.85. The molecule has 0 unspecified atom stereocenters. The van der Waals surface area contributed by atoms with E-state index in [9.17, 15) is 0 Å². The van der Waals surface area contributed by atoms with Gasteiger partial charge in [-0.3, -0.25) is 0 Å². The third-order valence-corrected chi connectivity index (χ3v) is 3.06. The minimum atomic E-state index is 0.435. The smallest absolute Gasteiger partial charge is 0.104 e. The van der Waals surface area contributed by atoms with Crippen molar-refractivity contribution in [1.82, 2.24) is 5.32 Å². The molecule has 0 aliphatic rings. The second-order valence-corrected chi connectivity index (χ2v) is 4.58. The highest BCUT2D eigenvalue weighted by Gasteiger charge is 2.06. The molecule has 3 N–H and O–H groups in total. The van der Waals surface area contributed by atoms with Gasteiger partial charge in [-0.2, -0.15) is 0 Å². The normalized spacial score (nSPS) is 10.3. The zero-order chi connectivity index (χ0) is 13.0. The lowest BCUT2D eigenvalue weighted by atomic mass is 9.98. The molecular weight excluding hydrogens is 240 g/mol. The lowest BCUT2D eigenvalue weighted by Crippen LogP contribution is -2.10. The van der Waals surface area contributed by atoms with E-state index in [0.29, 0.717) is 4.99 Å². The van der Waals surface area contributed by atoms with Crippen LogP contribution >= 0.6 is 12.2 Å². The number of hydrogen-bond acceptors (Lipinski definition) is 2. The Morgan fingerprint density at radius 2 is 1.78 bits per heavy atom. The zero-order valence-electron chi connectivity index (χ0n) is 10.3. The van der Waals surface area contributed by atoms with Gasteiger partial charge in [0.05, 0.1) is 0 Å². The summed E-state index contributed by atoms with van der Waals surface area (Å²) in [5.41, 5.74) is 10.2. The highest BCUT2D eigenvalue weighted by atomic mass is 32.1. The van der Waals surface area contributed by atoms with E-state index in [2.05, 4.69) is 29.6 Å². The molecule has 0 atom stereocenters. The van der Waals surface area contributed by atoms with Crippen LogP contribution in [0.4, 0.5) is 0 Å². The molecule has 0 bridgehead atoms. The van der Waals surface area contributed by atoms with E-state index in [1.54, 1.807) is 0 Å². The van der Waals surface area contributed by atoms with Gasteiger partial charge in [-0.25, -0.2) is 0 Å². The summed E-state index contributed by atoms with van der Waals surface area (Å²) in [5.74, 6) is 0. The van der Waals surface area contributed by atoms with Gasteiger partial charge in [-0.15, -0.1) is 0 Å². The number of rotatable bonds is 4. The maximum Gasteiger partial charge on any atom is 0.104 e. The Labute approximate surface area is 113 Å². The van der Waals surface area contributed by atoms with Crippen molar-refractivity contribution in [3.8, 4) is 11.1 Å². The molecule has 2 nitrogen and oxygen atoms in total. The molecular formula is C15H16N2S. The lowest BCUT2D eigenvalue weighted by molar-refractivity contribution is 0.818. The Kier molecular flexibility index (Phi) is 4.07. The third-order valence-electron chi connectivity index (χ3n) is 2.84. The summed E-state index contributed by atoms with van der Waals surface area (Å²) in [6.07, 6.45) is 0. The van der Waals surface area contributed by atoms with Gasteiger partial charge in [0.1, 0.15) is 4.99 Å². The highest BCUT2D eigenvalue weighted by Crippen LogP contribution is 2.24.